The van der Waals surface area contributed by atoms with Crippen molar-refractivity contribution in [2.75, 3.05) is 7.11 Å². The predicted octanol–water partition coefficient (Wildman–Crippen LogP) is 1.97. The number of carbonyl (C=O) groups is 2. The summed E-state index contributed by atoms with van der Waals surface area (Å²) in [6.45, 7) is 1.08. The molecule has 2 rings (SSSR count). The van der Waals surface area contributed by atoms with E-state index in [1.54, 1.807) is 0 Å². The van der Waals surface area contributed by atoms with E-state index < -0.39 is 5.97 Å². The van der Waals surface area contributed by atoms with Gasteiger partial charge >= 0.3 is 5.97 Å². The lowest BCUT2D eigenvalue weighted by Crippen LogP contribution is -2.04. The fourth-order valence-corrected chi connectivity index (χ4v) is 1.53. The molecule has 0 amide bonds. The maximum absolute atomic E-state index is 11.1. The van der Waals surface area contributed by atoms with E-state index in [9.17, 15) is 4.79 Å². The van der Waals surface area contributed by atoms with Crippen molar-refractivity contribution in [1.29, 1.82) is 0 Å². The van der Waals surface area contributed by atoms with Crippen molar-refractivity contribution >= 4 is 22.8 Å². The number of methoxy groups -OCH3 is 1. The lowest BCUT2D eigenvalue weighted by atomic mass is 10.1. The number of ether oxygens (including phenoxy) is 1. The van der Waals surface area contributed by atoms with E-state index >= 15 is 0 Å². The molecule has 2 N–H and O–H groups in total. The Morgan fingerprint density at radius 2 is 2.00 bits per heavy atom. The first-order valence-electron chi connectivity index (χ1n) is 5.36. The Balaban J connectivity index is 0.000000357. The quantitative estimate of drug-likeness (QED) is 0.797. The number of carboxylic acid groups (broad SMARTS) is 1. The minimum atomic E-state index is -0.833. The standard InChI is InChI=1S/C11H11NO2.C2H4O2/c1-14-11(13)7-8-3-2-4-10-9(8)5-6-12-10;1-2(3)4/h2-6,12H,7H2,1H3;1H3,(H,3,4). The molecular formula is C13H15NO4. The molecule has 1 aromatic heterocycles. The predicted molar refractivity (Wildman–Crippen MR) is 67.3 cm³/mol. The molecule has 0 fully saturated rings. The number of fused-ring (bicyclic) bond motifs is 1. The summed E-state index contributed by atoms with van der Waals surface area (Å²) in [5, 5.41) is 8.50. The second kappa shape index (κ2) is 6.44. The molecule has 96 valence electrons. The van der Waals surface area contributed by atoms with E-state index in [1.807, 2.05) is 30.5 Å². The Bertz CT molecular complexity index is 541. The van der Waals surface area contributed by atoms with Crippen molar-refractivity contribution in [3.8, 4) is 0 Å². The van der Waals surface area contributed by atoms with Gasteiger partial charge in [0.05, 0.1) is 13.5 Å². The van der Waals surface area contributed by atoms with Crippen LogP contribution in [0.3, 0.4) is 0 Å². The van der Waals surface area contributed by atoms with Gasteiger partial charge in [-0.1, -0.05) is 12.1 Å². The summed E-state index contributed by atoms with van der Waals surface area (Å²) in [5.41, 5.74) is 2.04. The Morgan fingerprint density at radius 1 is 1.33 bits per heavy atom. The summed E-state index contributed by atoms with van der Waals surface area (Å²) in [6, 6.07) is 7.81. The zero-order chi connectivity index (χ0) is 13.5. The molecule has 5 nitrogen and oxygen atoms in total. The van der Waals surface area contributed by atoms with Crippen LogP contribution in [0.1, 0.15) is 12.5 Å². The molecule has 5 heteroatoms. The van der Waals surface area contributed by atoms with Crippen LogP contribution < -0.4 is 0 Å². The number of H-pyrrole nitrogens is 1. The second-order valence-electron chi connectivity index (χ2n) is 3.63. The molecule has 0 aliphatic rings. The number of carboxylic acids is 1. The van der Waals surface area contributed by atoms with Gasteiger partial charge in [0.1, 0.15) is 0 Å². The zero-order valence-corrected chi connectivity index (χ0v) is 10.3. The number of aromatic nitrogens is 1. The van der Waals surface area contributed by atoms with E-state index in [0.29, 0.717) is 6.42 Å². The van der Waals surface area contributed by atoms with Gasteiger partial charge in [-0.2, -0.15) is 0 Å². The number of hydrogen-bond donors (Lipinski definition) is 2. The molecule has 2 aromatic rings. The highest BCUT2D eigenvalue weighted by atomic mass is 16.5. The van der Waals surface area contributed by atoms with E-state index in [4.69, 9.17) is 9.90 Å². The molecule has 0 bridgehead atoms. The number of aliphatic carboxylic acids is 1. The molecule has 0 aliphatic carbocycles. The van der Waals surface area contributed by atoms with Crippen LogP contribution in [0, 0.1) is 0 Å². The summed E-state index contributed by atoms with van der Waals surface area (Å²) in [5.74, 6) is -1.04. The summed E-state index contributed by atoms with van der Waals surface area (Å²) < 4.78 is 4.63. The van der Waals surface area contributed by atoms with Crippen molar-refractivity contribution < 1.29 is 19.4 Å². The van der Waals surface area contributed by atoms with Crippen molar-refractivity contribution in [1.82, 2.24) is 4.98 Å². The monoisotopic (exact) mass is 249 g/mol. The van der Waals surface area contributed by atoms with Crippen LogP contribution in [0.25, 0.3) is 10.9 Å². The molecule has 0 saturated carbocycles. The van der Waals surface area contributed by atoms with Gasteiger partial charge in [-0.15, -0.1) is 0 Å². The van der Waals surface area contributed by atoms with E-state index in [1.165, 1.54) is 7.11 Å². The fraction of sp³-hybridized carbons (Fsp3) is 0.231. The number of esters is 1. The first-order chi connectivity index (χ1) is 8.54. The van der Waals surface area contributed by atoms with Gasteiger partial charge < -0.3 is 14.8 Å². The molecule has 0 atom stereocenters. The normalized spacial score (nSPS) is 9.44. The number of nitrogens with one attached hydrogen (secondary N) is 1. The summed E-state index contributed by atoms with van der Waals surface area (Å²) >= 11 is 0. The minimum absolute atomic E-state index is 0.210. The number of hydrogen-bond acceptors (Lipinski definition) is 3. The van der Waals surface area contributed by atoms with Gasteiger partial charge in [0.2, 0.25) is 0 Å². The van der Waals surface area contributed by atoms with Gasteiger partial charge in [-0.25, -0.2) is 0 Å². The largest absolute Gasteiger partial charge is 0.481 e. The van der Waals surface area contributed by atoms with Gasteiger partial charge in [0, 0.05) is 24.0 Å². The Kier molecular flexibility index (Phi) is 4.92. The zero-order valence-electron chi connectivity index (χ0n) is 10.3. The van der Waals surface area contributed by atoms with Gasteiger partial charge in [-0.3, -0.25) is 9.59 Å². The van der Waals surface area contributed by atoms with Crippen LogP contribution >= 0.6 is 0 Å². The van der Waals surface area contributed by atoms with Gasteiger partial charge in [0.15, 0.2) is 0 Å². The van der Waals surface area contributed by atoms with E-state index in [2.05, 4.69) is 9.72 Å². The third-order valence-corrected chi connectivity index (χ3v) is 2.25. The topological polar surface area (TPSA) is 79.4 Å². The Morgan fingerprint density at radius 3 is 2.61 bits per heavy atom. The van der Waals surface area contributed by atoms with Gasteiger partial charge in [-0.05, 0) is 17.7 Å². The first-order valence-corrected chi connectivity index (χ1v) is 5.36. The van der Waals surface area contributed by atoms with Crippen molar-refractivity contribution in [3.05, 3.63) is 36.0 Å². The second-order valence-corrected chi connectivity index (χ2v) is 3.63. The molecule has 1 aromatic carbocycles. The van der Waals surface area contributed by atoms with Gasteiger partial charge in [0.25, 0.3) is 5.97 Å². The number of rotatable bonds is 2. The molecule has 0 saturated heterocycles. The summed E-state index contributed by atoms with van der Waals surface area (Å²) in [4.78, 5) is 23.2. The SMILES string of the molecule is CC(=O)O.COC(=O)Cc1cccc2[nH]ccc12. The van der Waals surface area contributed by atoms with Crippen molar-refractivity contribution in [2.24, 2.45) is 0 Å². The molecule has 1 heterocycles. The molecule has 0 unspecified atom stereocenters. The average Bonchev–Trinajstić information content (AvgIpc) is 2.77. The maximum atomic E-state index is 11.1. The lowest BCUT2D eigenvalue weighted by Gasteiger charge is -2.01. The third-order valence-electron chi connectivity index (χ3n) is 2.25. The van der Waals surface area contributed by atoms with Crippen LogP contribution in [-0.2, 0) is 20.7 Å². The van der Waals surface area contributed by atoms with Crippen molar-refractivity contribution in [3.63, 3.8) is 0 Å². The minimum Gasteiger partial charge on any atom is -0.481 e. The summed E-state index contributed by atoms with van der Waals surface area (Å²) in [6.07, 6.45) is 2.19. The molecule has 0 aliphatic heterocycles. The molecular weight excluding hydrogens is 234 g/mol. The average molecular weight is 249 g/mol. The van der Waals surface area contributed by atoms with Crippen molar-refractivity contribution in [2.45, 2.75) is 13.3 Å². The van der Waals surface area contributed by atoms with E-state index in [0.717, 1.165) is 23.4 Å². The first kappa shape index (κ1) is 13.8. The molecule has 18 heavy (non-hydrogen) atoms. The highest BCUT2D eigenvalue weighted by molar-refractivity contribution is 5.86. The highest BCUT2D eigenvalue weighted by Crippen LogP contribution is 2.17. The smallest absolute Gasteiger partial charge is 0.310 e. The molecule has 0 radical (unpaired) electrons. The number of benzene rings is 1. The fourth-order valence-electron chi connectivity index (χ4n) is 1.53. The Hall–Kier alpha value is -2.30. The van der Waals surface area contributed by atoms with Crippen LogP contribution in [-0.4, -0.2) is 29.1 Å². The number of aromatic amines is 1. The molecule has 0 spiro atoms. The van der Waals surface area contributed by atoms with Crippen LogP contribution in [0.15, 0.2) is 30.5 Å². The van der Waals surface area contributed by atoms with Crippen LogP contribution in [0.5, 0.6) is 0 Å². The maximum Gasteiger partial charge on any atom is 0.310 e. The highest BCUT2D eigenvalue weighted by Gasteiger charge is 2.06. The lowest BCUT2D eigenvalue weighted by molar-refractivity contribution is -0.139. The number of carbonyl (C=O) groups excluding carboxylic acids is 1. The third kappa shape index (κ3) is 3.93. The summed E-state index contributed by atoms with van der Waals surface area (Å²) in [7, 11) is 1.40. The Labute approximate surface area is 104 Å². The van der Waals surface area contributed by atoms with E-state index in [-0.39, 0.29) is 5.97 Å². The van der Waals surface area contributed by atoms with Crippen LogP contribution in [0.4, 0.5) is 0 Å². The van der Waals surface area contributed by atoms with Crippen LogP contribution in [0.2, 0.25) is 0 Å².